The minimum absolute atomic E-state index is 0.155. The summed E-state index contributed by atoms with van der Waals surface area (Å²) >= 11 is 0. The molecule has 146 valence electrons. The number of hydrogen-bond donors (Lipinski definition) is 0. The predicted octanol–water partition coefficient (Wildman–Crippen LogP) is 3.96. The van der Waals surface area contributed by atoms with Crippen LogP contribution in [0.3, 0.4) is 0 Å². The fourth-order valence-electron chi connectivity index (χ4n) is 3.58. The lowest BCUT2D eigenvalue weighted by molar-refractivity contribution is -0.0350. The van der Waals surface area contributed by atoms with E-state index < -0.39 is 0 Å². The maximum Gasteiger partial charge on any atom is 0.123 e. The van der Waals surface area contributed by atoms with Crippen LogP contribution < -0.4 is 9.47 Å². The van der Waals surface area contributed by atoms with Crippen molar-refractivity contribution in [1.29, 1.82) is 0 Å². The predicted molar refractivity (Wildman–Crippen MR) is 105 cm³/mol. The fraction of sp³-hybridized carbons (Fsp3) is 0.318. The van der Waals surface area contributed by atoms with Gasteiger partial charge in [-0.05, 0) is 47.9 Å². The van der Waals surface area contributed by atoms with Crippen LogP contribution >= 0.6 is 0 Å². The Morgan fingerprint density at radius 3 is 2.82 bits per heavy atom. The van der Waals surface area contributed by atoms with Crippen molar-refractivity contribution in [3.8, 4) is 11.5 Å². The van der Waals surface area contributed by atoms with Crippen LogP contribution in [0, 0.1) is 5.82 Å². The molecule has 0 spiro atoms. The molecule has 3 aromatic rings. The van der Waals surface area contributed by atoms with Crippen molar-refractivity contribution < 1.29 is 18.6 Å². The second kappa shape index (κ2) is 8.12. The van der Waals surface area contributed by atoms with Crippen LogP contribution in [-0.4, -0.2) is 43.8 Å². The van der Waals surface area contributed by atoms with Gasteiger partial charge in [-0.1, -0.05) is 0 Å². The number of benzene rings is 2. The third kappa shape index (κ3) is 3.93. The van der Waals surface area contributed by atoms with Gasteiger partial charge >= 0.3 is 0 Å². The van der Waals surface area contributed by atoms with Gasteiger partial charge in [-0.2, -0.15) is 0 Å². The molecule has 2 heterocycles. The van der Waals surface area contributed by atoms with Crippen molar-refractivity contribution in [1.82, 2.24) is 9.88 Å². The van der Waals surface area contributed by atoms with Crippen molar-refractivity contribution in [2.45, 2.75) is 12.6 Å². The van der Waals surface area contributed by atoms with E-state index in [0.29, 0.717) is 13.2 Å². The number of nitrogens with zero attached hydrogens (tertiary/aromatic N) is 2. The first kappa shape index (κ1) is 18.7. The molecule has 1 saturated heterocycles. The summed E-state index contributed by atoms with van der Waals surface area (Å²) in [7, 11) is 3.33. The van der Waals surface area contributed by atoms with Gasteiger partial charge in [0.1, 0.15) is 23.4 Å². The van der Waals surface area contributed by atoms with Crippen LogP contribution in [0.1, 0.15) is 17.4 Å². The quantitative estimate of drug-likeness (QED) is 0.668. The summed E-state index contributed by atoms with van der Waals surface area (Å²) in [5, 5.41) is 1.75. The maximum absolute atomic E-state index is 13.6. The lowest BCUT2D eigenvalue weighted by Gasteiger charge is -2.33. The molecule has 0 bridgehead atoms. The molecule has 2 aromatic carbocycles. The van der Waals surface area contributed by atoms with E-state index in [1.165, 1.54) is 12.1 Å². The highest BCUT2D eigenvalue weighted by Gasteiger charge is 2.24. The maximum atomic E-state index is 13.6. The number of fused-ring (bicyclic) bond motifs is 1. The first-order chi connectivity index (χ1) is 13.7. The SMILES string of the molecule is COc1ccc(OC)c(CN2CCOC(c3cc4cc(F)ccc4cn3)C2)c1. The Bertz CT molecular complexity index is 979. The van der Waals surface area contributed by atoms with E-state index in [9.17, 15) is 4.39 Å². The molecule has 0 aliphatic carbocycles. The van der Waals surface area contributed by atoms with E-state index in [1.807, 2.05) is 24.3 Å². The molecule has 1 aromatic heterocycles. The zero-order chi connectivity index (χ0) is 19.5. The lowest BCUT2D eigenvalue weighted by atomic mass is 10.1. The Labute approximate surface area is 163 Å². The number of hydrogen-bond acceptors (Lipinski definition) is 5. The largest absolute Gasteiger partial charge is 0.497 e. The number of pyridine rings is 1. The summed E-state index contributed by atoms with van der Waals surface area (Å²) in [4.78, 5) is 6.85. The van der Waals surface area contributed by atoms with E-state index in [0.717, 1.165) is 46.6 Å². The molecule has 0 saturated carbocycles. The minimum Gasteiger partial charge on any atom is -0.497 e. The van der Waals surface area contributed by atoms with E-state index in [1.54, 1.807) is 26.5 Å². The molecule has 6 heteroatoms. The first-order valence-electron chi connectivity index (χ1n) is 9.26. The van der Waals surface area contributed by atoms with Gasteiger partial charge in [-0.15, -0.1) is 0 Å². The zero-order valence-corrected chi connectivity index (χ0v) is 16.0. The summed E-state index contributed by atoms with van der Waals surface area (Å²) in [6.07, 6.45) is 1.62. The van der Waals surface area contributed by atoms with Crippen LogP contribution in [0.5, 0.6) is 11.5 Å². The molecule has 1 fully saturated rings. The van der Waals surface area contributed by atoms with Crippen molar-refractivity contribution >= 4 is 10.8 Å². The molecule has 1 atom stereocenters. The monoisotopic (exact) mass is 382 g/mol. The van der Waals surface area contributed by atoms with Crippen molar-refractivity contribution in [2.75, 3.05) is 33.9 Å². The average molecular weight is 382 g/mol. The molecule has 1 aliphatic heterocycles. The van der Waals surface area contributed by atoms with Gasteiger partial charge in [0, 0.05) is 36.8 Å². The molecule has 0 radical (unpaired) electrons. The smallest absolute Gasteiger partial charge is 0.123 e. The zero-order valence-electron chi connectivity index (χ0n) is 16.0. The van der Waals surface area contributed by atoms with Crippen LogP contribution in [0.4, 0.5) is 4.39 Å². The fourth-order valence-corrected chi connectivity index (χ4v) is 3.58. The van der Waals surface area contributed by atoms with Gasteiger partial charge in [0.15, 0.2) is 0 Å². The second-order valence-electron chi connectivity index (χ2n) is 6.87. The molecule has 0 amide bonds. The standard InChI is InChI=1S/C22H23FN2O3/c1-26-19-5-6-21(27-2)17(10-19)13-25-7-8-28-22(14-25)20-11-16-9-18(23)4-3-15(16)12-24-20/h3-6,9-12,22H,7-8,13-14H2,1-2H3. The van der Waals surface area contributed by atoms with E-state index in [-0.39, 0.29) is 11.9 Å². The summed E-state index contributed by atoms with van der Waals surface area (Å²) in [5.74, 6) is 1.39. The number of aromatic nitrogens is 1. The third-order valence-electron chi connectivity index (χ3n) is 5.07. The molecule has 1 unspecified atom stereocenters. The Balaban J connectivity index is 1.53. The Hall–Kier alpha value is -2.70. The van der Waals surface area contributed by atoms with Crippen LogP contribution in [0.15, 0.2) is 48.7 Å². The van der Waals surface area contributed by atoms with Gasteiger partial charge in [-0.3, -0.25) is 9.88 Å². The number of morpholine rings is 1. The van der Waals surface area contributed by atoms with E-state index in [4.69, 9.17) is 14.2 Å². The molecular formula is C22H23FN2O3. The molecule has 28 heavy (non-hydrogen) atoms. The third-order valence-corrected chi connectivity index (χ3v) is 5.07. The highest BCUT2D eigenvalue weighted by atomic mass is 19.1. The van der Waals surface area contributed by atoms with Gasteiger partial charge in [0.05, 0.1) is 26.5 Å². The lowest BCUT2D eigenvalue weighted by Crippen LogP contribution is -2.38. The Morgan fingerprint density at radius 2 is 2.00 bits per heavy atom. The highest BCUT2D eigenvalue weighted by Crippen LogP contribution is 2.29. The van der Waals surface area contributed by atoms with Crippen molar-refractivity contribution in [3.63, 3.8) is 0 Å². The molecule has 1 aliphatic rings. The van der Waals surface area contributed by atoms with Gasteiger partial charge in [0.2, 0.25) is 0 Å². The number of halogens is 1. The Kier molecular flexibility index (Phi) is 5.41. The number of ether oxygens (including phenoxy) is 3. The van der Waals surface area contributed by atoms with Crippen LogP contribution in [0.2, 0.25) is 0 Å². The summed E-state index contributed by atoms with van der Waals surface area (Å²) in [6.45, 7) is 2.86. The van der Waals surface area contributed by atoms with Crippen LogP contribution in [-0.2, 0) is 11.3 Å². The van der Waals surface area contributed by atoms with E-state index in [2.05, 4.69) is 9.88 Å². The van der Waals surface area contributed by atoms with Crippen molar-refractivity contribution in [2.24, 2.45) is 0 Å². The average Bonchev–Trinajstić information content (AvgIpc) is 2.73. The first-order valence-corrected chi connectivity index (χ1v) is 9.26. The summed E-state index contributed by atoms with van der Waals surface area (Å²) in [6, 6.07) is 12.4. The molecule has 4 rings (SSSR count). The van der Waals surface area contributed by atoms with Crippen LogP contribution in [0.25, 0.3) is 10.8 Å². The topological polar surface area (TPSA) is 43.8 Å². The highest BCUT2D eigenvalue weighted by molar-refractivity contribution is 5.82. The van der Waals surface area contributed by atoms with Gasteiger partial charge in [0.25, 0.3) is 0 Å². The summed E-state index contributed by atoms with van der Waals surface area (Å²) < 4.78 is 30.4. The Morgan fingerprint density at radius 1 is 1.11 bits per heavy atom. The molecule has 5 nitrogen and oxygen atoms in total. The minimum atomic E-state index is -0.249. The summed E-state index contributed by atoms with van der Waals surface area (Å²) in [5.41, 5.74) is 1.89. The van der Waals surface area contributed by atoms with Gasteiger partial charge < -0.3 is 14.2 Å². The normalized spacial score (nSPS) is 17.6. The van der Waals surface area contributed by atoms with Crippen molar-refractivity contribution in [3.05, 3.63) is 65.7 Å². The number of methoxy groups -OCH3 is 2. The van der Waals surface area contributed by atoms with E-state index >= 15 is 0 Å². The second-order valence-corrected chi connectivity index (χ2v) is 6.87. The molecular weight excluding hydrogens is 359 g/mol. The molecule has 0 N–H and O–H groups in total. The number of rotatable bonds is 5. The van der Waals surface area contributed by atoms with Gasteiger partial charge in [-0.25, -0.2) is 4.39 Å².